The van der Waals surface area contributed by atoms with Gasteiger partial charge in [-0.1, -0.05) is 17.7 Å². The largest absolute Gasteiger partial charge is 0.342 e. The van der Waals surface area contributed by atoms with Gasteiger partial charge < -0.3 is 4.90 Å². The fourth-order valence-electron chi connectivity index (χ4n) is 1.95. The van der Waals surface area contributed by atoms with Crippen LogP contribution in [0.4, 0.5) is 17.1 Å². The Bertz CT molecular complexity index is 514. The summed E-state index contributed by atoms with van der Waals surface area (Å²) in [6.07, 6.45) is 0. The number of nitrogens with one attached hydrogen (secondary N) is 1. The van der Waals surface area contributed by atoms with Crippen molar-refractivity contribution in [2.45, 2.75) is 13.8 Å². The topological polar surface area (TPSA) is 39.5 Å². The zero-order valence-corrected chi connectivity index (χ0v) is 10.7. The van der Waals surface area contributed by atoms with Crippen LogP contribution in [0.25, 0.3) is 0 Å². The molecule has 0 aliphatic heterocycles. The number of benzene rings is 2. The quantitative estimate of drug-likeness (QED) is 0.763. The van der Waals surface area contributed by atoms with Gasteiger partial charge in [-0.15, -0.1) is 0 Å². The van der Waals surface area contributed by atoms with Crippen molar-refractivity contribution in [1.82, 2.24) is 0 Å². The molecule has 2 rings (SSSR count). The maximum atomic E-state index is 6.97. The third-order valence-corrected chi connectivity index (χ3v) is 2.95. The molecule has 2 aromatic rings. The standard InChI is InChI=1S/C15H17N3/c1-3-18(14-8-4-12(2)5-9-14)15-10-6-13(17-16)7-11-15/h4-11,16H,3H2,1-2H3. The normalized spacial score (nSPS) is 10.1. The molecule has 0 aromatic heterocycles. The molecule has 0 radical (unpaired) electrons. The van der Waals surface area contributed by atoms with Crippen molar-refractivity contribution < 1.29 is 0 Å². The fourth-order valence-corrected chi connectivity index (χ4v) is 1.95. The highest BCUT2D eigenvalue weighted by molar-refractivity contribution is 5.64. The van der Waals surface area contributed by atoms with Gasteiger partial charge in [0.25, 0.3) is 0 Å². The van der Waals surface area contributed by atoms with Crippen molar-refractivity contribution in [3.05, 3.63) is 54.1 Å². The fraction of sp³-hybridized carbons (Fsp3) is 0.200. The summed E-state index contributed by atoms with van der Waals surface area (Å²) in [5.74, 6) is 0. The molecule has 0 fully saturated rings. The first kappa shape index (κ1) is 12.3. The highest BCUT2D eigenvalue weighted by Crippen LogP contribution is 2.27. The van der Waals surface area contributed by atoms with E-state index in [9.17, 15) is 0 Å². The molecule has 3 nitrogen and oxygen atoms in total. The average Bonchev–Trinajstić information content (AvgIpc) is 2.42. The molecule has 2 aromatic carbocycles. The van der Waals surface area contributed by atoms with Crippen molar-refractivity contribution in [3.8, 4) is 0 Å². The van der Waals surface area contributed by atoms with Gasteiger partial charge in [-0.2, -0.15) is 5.11 Å². The predicted molar refractivity (Wildman–Crippen MR) is 75.1 cm³/mol. The number of anilines is 2. The van der Waals surface area contributed by atoms with Crippen LogP contribution in [0.1, 0.15) is 12.5 Å². The molecule has 18 heavy (non-hydrogen) atoms. The van der Waals surface area contributed by atoms with Gasteiger partial charge in [0.05, 0.1) is 5.69 Å². The van der Waals surface area contributed by atoms with E-state index in [2.05, 4.69) is 48.1 Å². The number of rotatable bonds is 4. The van der Waals surface area contributed by atoms with Crippen LogP contribution in [0.3, 0.4) is 0 Å². The van der Waals surface area contributed by atoms with Crippen molar-refractivity contribution >= 4 is 17.1 Å². The summed E-state index contributed by atoms with van der Waals surface area (Å²) < 4.78 is 0. The van der Waals surface area contributed by atoms with Crippen LogP contribution < -0.4 is 4.90 Å². The van der Waals surface area contributed by atoms with Gasteiger partial charge in [-0.3, -0.25) is 0 Å². The minimum atomic E-state index is 0.679. The van der Waals surface area contributed by atoms with Crippen molar-refractivity contribution in [2.75, 3.05) is 11.4 Å². The molecule has 0 spiro atoms. The van der Waals surface area contributed by atoms with E-state index in [1.165, 1.54) is 11.3 Å². The number of aryl methyl sites for hydroxylation is 1. The van der Waals surface area contributed by atoms with E-state index in [4.69, 9.17) is 5.53 Å². The molecule has 0 saturated carbocycles. The van der Waals surface area contributed by atoms with E-state index in [1.54, 1.807) is 0 Å². The second kappa shape index (κ2) is 5.45. The van der Waals surface area contributed by atoms with E-state index >= 15 is 0 Å². The van der Waals surface area contributed by atoms with Crippen LogP contribution in [-0.4, -0.2) is 6.54 Å². The summed E-state index contributed by atoms with van der Waals surface area (Å²) in [6.45, 7) is 5.12. The molecule has 3 heteroatoms. The molecule has 0 atom stereocenters. The Morgan fingerprint density at radius 3 is 1.89 bits per heavy atom. The monoisotopic (exact) mass is 239 g/mol. The SMILES string of the molecule is CCN(c1ccc(C)cc1)c1ccc(N=N)cc1. The molecule has 0 bridgehead atoms. The second-order valence-corrected chi connectivity index (χ2v) is 4.21. The smallest absolute Gasteiger partial charge is 0.0851 e. The van der Waals surface area contributed by atoms with Gasteiger partial charge in [0, 0.05) is 17.9 Å². The summed E-state index contributed by atoms with van der Waals surface area (Å²) in [4.78, 5) is 2.23. The third-order valence-electron chi connectivity index (χ3n) is 2.95. The minimum Gasteiger partial charge on any atom is -0.342 e. The minimum absolute atomic E-state index is 0.679. The van der Waals surface area contributed by atoms with Crippen LogP contribution in [0.5, 0.6) is 0 Å². The first-order valence-corrected chi connectivity index (χ1v) is 6.06. The zero-order chi connectivity index (χ0) is 13.0. The van der Waals surface area contributed by atoms with Gasteiger partial charge in [0.15, 0.2) is 0 Å². The second-order valence-electron chi connectivity index (χ2n) is 4.21. The molecule has 1 N–H and O–H groups in total. The maximum absolute atomic E-state index is 6.97. The molecule has 0 amide bonds. The molecule has 92 valence electrons. The molecule has 0 unspecified atom stereocenters. The lowest BCUT2D eigenvalue weighted by atomic mass is 10.2. The van der Waals surface area contributed by atoms with E-state index < -0.39 is 0 Å². The van der Waals surface area contributed by atoms with E-state index in [0.717, 1.165) is 12.2 Å². The Balaban J connectivity index is 2.32. The molecule has 0 heterocycles. The Kier molecular flexibility index (Phi) is 3.72. The van der Waals surface area contributed by atoms with Crippen molar-refractivity contribution in [2.24, 2.45) is 5.11 Å². The molecular weight excluding hydrogens is 222 g/mol. The maximum Gasteiger partial charge on any atom is 0.0851 e. The van der Waals surface area contributed by atoms with Crippen LogP contribution >= 0.6 is 0 Å². The van der Waals surface area contributed by atoms with Gasteiger partial charge in [-0.25, -0.2) is 5.53 Å². The molecule has 0 saturated heterocycles. The first-order chi connectivity index (χ1) is 8.74. The number of hydrogen-bond donors (Lipinski definition) is 1. The Hall–Kier alpha value is -2.16. The van der Waals surface area contributed by atoms with Gasteiger partial charge in [0.2, 0.25) is 0 Å². The van der Waals surface area contributed by atoms with Crippen molar-refractivity contribution in [3.63, 3.8) is 0 Å². The summed E-state index contributed by atoms with van der Waals surface area (Å²) in [7, 11) is 0. The lowest BCUT2D eigenvalue weighted by Crippen LogP contribution is -2.15. The molecular formula is C15H17N3. The van der Waals surface area contributed by atoms with E-state index in [1.807, 2.05) is 24.3 Å². The van der Waals surface area contributed by atoms with Crippen LogP contribution in [0, 0.1) is 12.5 Å². The third kappa shape index (κ3) is 2.56. The van der Waals surface area contributed by atoms with Gasteiger partial charge in [-0.05, 0) is 50.2 Å². The average molecular weight is 239 g/mol. The highest BCUT2D eigenvalue weighted by Gasteiger charge is 2.06. The first-order valence-electron chi connectivity index (χ1n) is 6.06. The summed E-state index contributed by atoms with van der Waals surface area (Å²) in [5.41, 5.74) is 11.2. The predicted octanol–water partition coefficient (Wildman–Crippen LogP) is 4.82. The summed E-state index contributed by atoms with van der Waals surface area (Å²) in [5, 5.41) is 3.41. The summed E-state index contributed by atoms with van der Waals surface area (Å²) in [6, 6.07) is 16.2. The lowest BCUT2D eigenvalue weighted by Gasteiger charge is -2.23. The Morgan fingerprint density at radius 1 is 0.944 bits per heavy atom. The highest BCUT2D eigenvalue weighted by atomic mass is 15.1. The number of hydrogen-bond acceptors (Lipinski definition) is 3. The summed E-state index contributed by atoms with van der Waals surface area (Å²) >= 11 is 0. The Labute approximate surface area is 108 Å². The van der Waals surface area contributed by atoms with Crippen molar-refractivity contribution in [1.29, 1.82) is 5.53 Å². The Morgan fingerprint density at radius 2 is 1.44 bits per heavy atom. The van der Waals surface area contributed by atoms with Gasteiger partial charge >= 0.3 is 0 Å². The van der Waals surface area contributed by atoms with Crippen LogP contribution in [0.15, 0.2) is 53.6 Å². The van der Waals surface area contributed by atoms with Gasteiger partial charge in [0.1, 0.15) is 0 Å². The number of nitrogens with zero attached hydrogens (tertiary/aromatic N) is 2. The van der Waals surface area contributed by atoms with E-state index in [-0.39, 0.29) is 0 Å². The zero-order valence-electron chi connectivity index (χ0n) is 10.7. The molecule has 0 aliphatic rings. The van der Waals surface area contributed by atoms with Crippen LogP contribution in [-0.2, 0) is 0 Å². The van der Waals surface area contributed by atoms with Crippen LogP contribution in [0.2, 0.25) is 0 Å². The molecule has 0 aliphatic carbocycles. The van der Waals surface area contributed by atoms with E-state index in [0.29, 0.717) is 5.69 Å². The lowest BCUT2D eigenvalue weighted by molar-refractivity contribution is 1.02.